The summed E-state index contributed by atoms with van der Waals surface area (Å²) in [6.45, 7) is 1.53. The Balaban J connectivity index is 0.00000225. The fourth-order valence-electron chi connectivity index (χ4n) is 3.18. The fourth-order valence-corrected chi connectivity index (χ4v) is 5.49. The summed E-state index contributed by atoms with van der Waals surface area (Å²) in [7, 11) is -3.45. The van der Waals surface area contributed by atoms with Gasteiger partial charge in [-0.1, -0.05) is 6.07 Å². The van der Waals surface area contributed by atoms with Crippen molar-refractivity contribution in [1.29, 1.82) is 0 Å². The Morgan fingerprint density at radius 3 is 2.60 bits per heavy atom. The second-order valence-electron chi connectivity index (χ2n) is 6.21. The average molecular weight is 410 g/mol. The summed E-state index contributed by atoms with van der Waals surface area (Å²) in [5.74, 6) is 0.00511. The number of nitrogens with one attached hydrogen (secondary N) is 1. The van der Waals surface area contributed by atoms with Gasteiger partial charge in [-0.2, -0.15) is 0 Å². The summed E-state index contributed by atoms with van der Waals surface area (Å²) in [6, 6.07) is 3.18. The van der Waals surface area contributed by atoms with Gasteiger partial charge in [-0.15, -0.1) is 23.7 Å². The van der Waals surface area contributed by atoms with E-state index in [4.69, 9.17) is 10.5 Å². The Morgan fingerprint density at radius 1 is 1.32 bits per heavy atom. The first-order valence-electron chi connectivity index (χ1n) is 8.20. The van der Waals surface area contributed by atoms with Crippen LogP contribution < -0.4 is 10.5 Å². The maximum Gasteiger partial charge on any atom is 0.251 e. The third kappa shape index (κ3) is 4.93. The Bertz CT molecular complexity index is 660. The number of hydrogen-bond acceptors (Lipinski definition) is 6. The standard InChI is InChI=1S/C15H23N3O4S2.ClH/c16-10-12-3-4-13(22-12)15(19)18-7-5-11(6-8-18)17-24(20,21)14-2-1-9-23-14;/h1-2,9,11-13,17H,3-8,10,16H2;1H/t12-,13+;/m1./s1. The highest BCUT2D eigenvalue weighted by atomic mass is 35.5. The monoisotopic (exact) mass is 409 g/mol. The van der Waals surface area contributed by atoms with E-state index in [-0.39, 0.29) is 30.5 Å². The van der Waals surface area contributed by atoms with Crippen LogP contribution in [0.15, 0.2) is 21.7 Å². The lowest BCUT2D eigenvalue weighted by molar-refractivity contribution is -0.143. The number of ether oxygens (including phenoxy) is 1. The van der Waals surface area contributed by atoms with Gasteiger partial charge in [0.1, 0.15) is 10.3 Å². The summed E-state index contributed by atoms with van der Waals surface area (Å²) >= 11 is 1.20. The van der Waals surface area contributed by atoms with Gasteiger partial charge in [0, 0.05) is 25.7 Å². The van der Waals surface area contributed by atoms with Crippen molar-refractivity contribution in [2.24, 2.45) is 5.73 Å². The lowest BCUT2D eigenvalue weighted by Crippen LogP contribution is -2.49. The number of hydrogen-bond donors (Lipinski definition) is 2. The predicted molar refractivity (Wildman–Crippen MR) is 98.4 cm³/mol. The molecule has 2 atom stereocenters. The largest absolute Gasteiger partial charge is 0.364 e. The summed E-state index contributed by atoms with van der Waals surface area (Å²) in [5, 5.41) is 1.74. The fraction of sp³-hybridized carbons (Fsp3) is 0.667. The first kappa shape index (κ1) is 20.6. The van der Waals surface area contributed by atoms with Crippen LogP contribution in [0.3, 0.4) is 0 Å². The molecule has 0 aliphatic carbocycles. The van der Waals surface area contributed by atoms with Crippen molar-refractivity contribution in [3.8, 4) is 0 Å². The number of halogens is 1. The van der Waals surface area contributed by atoms with Crippen LogP contribution in [0, 0.1) is 0 Å². The number of piperidine rings is 1. The number of carbonyl (C=O) groups excluding carboxylic acids is 1. The van der Waals surface area contributed by atoms with Crippen molar-refractivity contribution in [2.75, 3.05) is 19.6 Å². The molecule has 0 saturated carbocycles. The Morgan fingerprint density at radius 2 is 2.04 bits per heavy atom. The first-order chi connectivity index (χ1) is 11.5. The van der Waals surface area contributed by atoms with Crippen molar-refractivity contribution in [3.63, 3.8) is 0 Å². The molecule has 0 bridgehead atoms. The molecule has 7 nitrogen and oxygen atoms in total. The molecule has 1 amide bonds. The molecule has 3 N–H and O–H groups in total. The molecule has 10 heteroatoms. The Hall–Kier alpha value is -0.710. The van der Waals surface area contributed by atoms with Crippen LogP contribution in [0.2, 0.25) is 0 Å². The van der Waals surface area contributed by atoms with Gasteiger partial charge in [-0.3, -0.25) is 4.79 Å². The van der Waals surface area contributed by atoms with Gasteiger partial charge in [0.05, 0.1) is 6.10 Å². The van der Waals surface area contributed by atoms with Crippen molar-refractivity contribution >= 4 is 39.7 Å². The molecule has 2 aliphatic heterocycles. The third-order valence-corrected chi connectivity index (χ3v) is 7.45. The predicted octanol–water partition coefficient (Wildman–Crippen LogP) is 0.945. The van der Waals surface area contributed by atoms with E-state index in [1.807, 2.05) is 0 Å². The van der Waals surface area contributed by atoms with Crippen molar-refractivity contribution in [1.82, 2.24) is 9.62 Å². The van der Waals surface area contributed by atoms with Gasteiger partial charge >= 0.3 is 0 Å². The van der Waals surface area contributed by atoms with E-state index in [9.17, 15) is 13.2 Å². The van der Waals surface area contributed by atoms with E-state index in [2.05, 4.69) is 4.72 Å². The van der Waals surface area contributed by atoms with Crippen LogP contribution in [0.25, 0.3) is 0 Å². The number of sulfonamides is 1. The summed E-state index contributed by atoms with van der Waals surface area (Å²) in [4.78, 5) is 14.2. The van der Waals surface area contributed by atoms with Crippen LogP contribution in [-0.4, -0.2) is 57.1 Å². The molecule has 3 rings (SSSR count). The van der Waals surface area contributed by atoms with E-state index in [1.54, 1.807) is 22.4 Å². The molecule has 0 radical (unpaired) electrons. The van der Waals surface area contributed by atoms with Crippen LogP contribution in [0.4, 0.5) is 0 Å². The minimum absolute atomic E-state index is 0. The Labute approximate surface area is 158 Å². The number of amides is 1. The molecular weight excluding hydrogens is 386 g/mol. The van der Waals surface area contributed by atoms with Gasteiger partial charge in [-0.25, -0.2) is 13.1 Å². The quantitative estimate of drug-likeness (QED) is 0.753. The lowest BCUT2D eigenvalue weighted by atomic mass is 10.0. The number of thiophene rings is 1. The summed E-state index contributed by atoms with van der Waals surface area (Å²) < 4.78 is 33.2. The lowest BCUT2D eigenvalue weighted by Gasteiger charge is -2.33. The van der Waals surface area contributed by atoms with E-state index < -0.39 is 16.1 Å². The van der Waals surface area contributed by atoms with Gasteiger partial charge < -0.3 is 15.4 Å². The summed E-state index contributed by atoms with van der Waals surface area (Å²) in [5.41, 5.74) is 5.58. The average Bonchev–Trinajstić information content (AvgIpc) is 3.26. The van der Waals surface area contributed by atoms with Crippen LogP contribution in [0.5, 0.6) is 0 Å². The third-order valence-electron chi connectivity index (χ3n) is 4.53. The van der Waals surface area contributed by atoms with Crippen molar-refractivity contribution in [3.05, 3.63) is 17.5 Å². The molecule has 0 aromatic carbocycles. The molecule has 2 fully saturated rings. The normalized spacial score (nSPS) is 24.9. The van der Waals surface area contributed by atoms with E-state index in [0.29, 0.717) is 43.1 Å². The maximum atomic E-state index is 12.5. The van der Waals surface area contributed by atoms with Gasteiger partial charge in [0.25, 0.3) is 5.91 Å². The van der Waals surface area contributed by atoms with Gasteiger partial charge in [0.15, 0.2) is 0 Å². The highest BCUT2D eigenvalue weighted by molar-refractivity contribution is 7.91. The minimum atomic E-state index is -3.45. The molecule has 25 heavy (non-hydrogen) atoms. The molecule has 0 spiro atoms. The minimum Gasteiger partial charge on any atom is -0.364 e. The zero-order valence-electron chi connectivity index (χ0n) is 13.8. The highest BCUT2D eigenvalue weighted by Gasteiger charge is 2.35. The van der Waals surface area contributed by atoms with Crippen LogP contribution >= 0.6 is 23.7 Å². The number of rotatable bonds is 5. The Kier molecular flexibility index (Phi) is 7.24. The van der Waals surface area contributed by atoms with E-state index in [1.165, 1.54) is 11.3 Å². The molecular formula is C15H24ClN3O4S2. The number of nitrogens with two attached hydrogens (primary N) is 1. The zero-order chi connectivity index (χ0) is 17.2. The molecule has 2 saturated heterocycles. The van der Waals surface area contributed by atoms with Crippen LogP contribution in [0.1, 0.15) is 25.7 Å². The SMILES string of the molecule is Cl.NC[C@H]1CC[C@@H](C(=O)N2CCC(NS(=O)(=O)c3cccs3)CC2)O1. The molecule has 142 valence electrons. The van der Waals surface area contributed by atoms with Crippen molar-refractivity contribution < 1.29 is 17.9 Å². The van der Waals surface area contributed by atoms with Crippen LogP contribution in [-0.2, 0) is 19.6 Å². The second kappa shape index (κ2) is 8.79. The number of carbonyl (C=O) groups is 1. The van der Waals surface area contributed by atoms with E-state index >= 15 is 0 Å². The molecule has 2 aliphatic rings. The van der Waals surface area contributed by atoms with E-state index in [0.717, 1.165) is 6.42 Å². The smallest absolute Gasteiger partial charge is 0.251 e. The number of likely N-dealkylation sites (tertiary alicyclic amines) is 1. The van der Waals surface area contributed by atoms with Crippen molar-refractivity contribution in [2.45, 2.75) is 48.1 Å². The molecule has 3 heterocycles. The second-order valence-corrected chi connectivity index (χ2v) is 9.10. The highest BCUT2D eigenvalue weighted by Crippen LogP contribution is 2.23. The molecule has 1 aromatic heterocycles. The first-order valence-corrected chi connectivity index (χ1v) is 10.6. The van der Waals surface area contributed by atoms with Gasteiger partial charge in [0.2, 0.25) is 10.0 Å². The molecule has 1 aromatic rings. The zero-order valence-corrected chi connectivity index (χ0v) is 16.2. The maximum absolute atomic E-state index is 12.5. The van der Waals surface area contributed by atoms with Gasteiger partial charge in [-0.05, 0) is 37.1 Å². The topological polar surface area (TPSA) is 102 Å². The summed E-state index contributed by atoms with van der Waals surface area (Å²) in [6.07, 6.45) is 2.36. The number of nitrogens with zero attached hydrogens (tertiary/aromatic N) is 1. The molecule has 0 unspecified atom stereocenters.